The van der Waals surface area contributed by atoms with Crippen LogP contribution in [0.5, 0.6) is 0 Å². The zero-order valence-corrected chi connectivity index (χ0v) is 12.4. The second-order valence-corrected chi connectivity index (χ2v) is 5.87. The number of benzene rings is 1. The number of ether oxygens (including phenoxy) is 1. The van der Waals surface area contributed by atoms with Crippen molar-refractivity contribution in [2.75, 3.05) is 13.7 Å². The average Bonchev–Trinajstić information content (AvgIpc) is 3.00. The maximum Gasteiger partial charge on any atom is 0.325 e. The van der Waals surface area contributed by atoms with Crippen LogP contribution in [0.25, 0.3) is 0 Å². The molecule has 0 unspecified atom stereocenters. The van der Waals surface area contributed by atoms with Gasteiger partial charge in [0.05, 0.1) is 12.5 Å². The van der Waals surface area contributed by atoms with Gasteiger partial charge in [0.25, 0.3) is 5.91 Å². The number of amides is 2. The summed E-state index contributed by atoms with van der Waals surface area (Å²) in [6.07, 6.45) is 3.18. The van der Waals surface area contributed by atoms with Crippen LogP contribution in [0, 0.1) is 0 Å². The molecule has 0 saturated heterocycles. The molecule has 2 amide bonds. The first-order chi connectivity index (χ1) is 10.5. The number of fused-ring (bicyclic) bond motifs is 2. The smallest absolute Gasteiger partial charge is 0.325 e. The van der Waals surface area contributed by atoms with Crippen LogP contribution >= 0.6 is 0 Å². The predicted octanol–water partition coefficient (Wildman–Crippen LogP) is 0.448. The van der Waals surface area contributed by atoms with E-state index in [-0.39, 0.29) is 12.5 Å². The summed E-state index contributed by atoms with van der Waals surface area (Å²) in [6, 6.07) is 5.02. The average molecular weight is 297 g/mol. The molecule has 1 fully saturated rings. The van der Waals surface area contributed by atoms with Gasteiger partial charge in [-0.25, -0.2) is 0 Å². The molecule has 3 rings (SSSR count). The lowest BCUT2D eigenvalue weighted by atomic mass is 9.71. The molecule has 22 heavy (non-hydrogen) atoms. The van der Waals surface area contributed by atoms with Crippen molar-refractivity contribution in [2.24, 2.45) is 0 Å². The second kappa shape index (κ2) is 5.27. The van der Waals surface area contributed by atoms with E-state index in [1.807, 2.05) is 0 Å². The van der Waals surface area contributed by atoms with Crippen molar-refractivity contribution < 1.29 is 19.1 Å². The summed E-state index contributed by atoms with van der Waals surface area (Å²) >= 11 is 0. The number of hydrogen-bond donors (Lipinski definition) is 0. The standard InChI is InChI=1S/C16H16BNO4/c1-22-13(19)9-18-14(20)11-5-4-10(17)8-12(11)16(15(18)21)6-2-3-7-16/h4-5,8H,2-3,6-7,9H2,1H3. The lowest BCUT2D eigenvalue weighted by molar-refractivity contribution is -0.147. The molecule has 112 valence electrons. The highest BCUT2D eigenvalue weighted by Gasteiger charge is 2.52. The van der Waals surface area contributed by atoms with Gasteiger partial charge >= 0.3 is 5.97 Å². The van der Waals surface area contributed by atoms with Gasteiger partial charge < -0.3 is 4.74 Å². The first kappa shape index (κ1) is 14.8. The first-order valence-electron chi connectivity index (χ1n) is 7.33. The van der Waals surface area contributed by atoms with E-state index >= 15 is 0 Å². The summed E-state index contributed by atoms with van der Waals surface area (Å²) in [6.45, 7) is -0.347. The van der Waals surface area contributed by atoms with Crippen LogP contribution in [-0.2, 0) is 19.7 Å². The summed E-state index contributed by atoms with van der Waals surface area (Å²) in [4.78, 5) is 38.1. The minimum atomic E-state index is -0.730. The number of nitrogens with zero attached hydrogens (tertiary/aromatic N) is 1. The van der Waals surface area contributed by atoms with Crippen LogP contribution in [-0.4, -0.2) is 44.2 Å². The Morgan fingerprint density at radius 3 is 2.64 bits per heavy atom. The summed E-state index contributed by atoms with van der Waals surface area (Å²) in [5.41, 5.74) is 0.972. The van der Waals surface area contributed by atoms with Crippen LogP contribution < -0.4 is 5.46 Å². The Morgan fingerprint density at radius 2 is 2.00 bits per heavy atom. The molecule has 1 saturated carbocycles. The molecule has 0 N–H and O–H groups in total. The highest BCUT2D eigenvalue weighted by molar-refractivity contribution is 6.32. The van der Waals surface area contributed by atoms with Gasteiger partial charge in [0, 0.05) is 5.56 Å². The Labute approximate surface area is 130 Å². The number of esters is 1. The Kier molecular flexibility index (Phi) is 3.55. The van der Waals surface area contributed by atoms with Crippen molar-refractivity contribution in [1.82, 2.24) is 4.90 Å². The molecule has 1 aliphatic carbocycles. The van der Waals surface area contributed by atoms with E-state index in [1.165, 1.54) is 7.11 Å². The van der Waals surface area contributed by atoms with Crippen LogP contribution in [0.2, 0.25) is 0 Å². The highest BCUT2D eigenvalue weighted by Crippen LogP contribution is 2.46. The number of rotatable bonds is 2. The Bertz CT molecular complexity index is 664. The Balaban J connectivity index is 2.13. The fourth-order valence-corrected chi connectivity index (χ4v) is 3.55. The molecular formula is C16H16BNO4. The molecule has 2 radical (unpaired) electrons. The van der Waals surface area contributed by atoms with E-state index in [9.17, 15) is 14.4 Å². The van der Waals surface area contributed by atoms with Crippen LogP contribution in [0.1, 0.15) is 41.6 Å². The van der Waals surface area contributed by atoms with Crippen molar-refractivity contribution in [3.63, 3.8) is 0 Å². The topological polar surface area (TPSA) is 63.7 Å². The SMILES string of the molecule is [B]c1ccc2c(c1)C1(CCCC1)C(=O)N(CC(=O)OC)C2=O. The van der Waals surface area contributed by atoms with E-state index in [1.54, 1.807) is 18.2 Å². The van der Waals surface area contributed by atoms with Gasteiger partial charge in [0.15, 0.2) is 0 Å². The molecule has 1 aliphatic heterocycles. The van der Waals surface area contributed by atoms with Crippen molar-refractivity contribution in [2.45, 2.75) is 31.1 Å². The van der Waals surface area contributed by atoms with Gasteiger partial charge in [-0.1, -0.05) is 30.4 Å². The molecule has 0 bridgehead atoms. The van der Waals surface area contributed by atoms with Gasteiger partial charge in [-0.15, -0.1) is 0 Å². The number of imide groups is 1. The minimum absolute atomic E-state index is 0.307. The summed E-state index contributed by atoms with van der Waals surface area (Å²) in [7, 11) is 7.09. The molecule has 0 atom stereocenters. The normalized spacial score (nSPS) is 19.4. The maximum absolute atomic E-state index is 12.9. The summed E-state index contributed by atoms with van der Waals surface area (Å²) in [5, 5.41) is 0. The van der Waals surface area contributed by atoms with Gasteiger partial charge in [0.1, 0.15) is 14.4 Å². The molecule has 1 heterocycles. The minimum Gasteiger partial charge on any atom is -0.468 e. The molecule has 2 aliphatic rings. The first-order valence-corrected chi connectivity index (χ1v) is 7.33. The summed E-state index contributed by atoms with van der Waals surface area (Å²) < 4.78 is 4.60. The monoisotopic (exact) mass is 297 g/mol. The number of methoxy groups -OCH3 is 1. The fraction of sp³-hybridized carbons (Fsp3) is 0.438. The predicted molar refractivity (Wildman–Crippen MR) is 80.0 cm³/mol. The zero-order valence-electron chi connectivity index (χ0n) is 12.4. The third-order valence-electron chi connectivity index (χ3n) is 4.66. The maximum atomic E-state index is 12.9. The van der Waals surface area contributed by atoms with Crippen molar-refractivity contribution in [3.05, 3.63) is 29.3 Å². The molecule has 1 aromatic carbocycles. The van der Waals surface area contributed by atoms with E-state index in [2.05, 4.69) is 4.74 Å². The fourth-order valence-electron chi connectivity index (χ4n) is 3.55. The van der Waals surface area contributed by atoms with Crippen LogP contribution in [0.15, 0.2) is 18.2 Å². The van der Waals surface area contributed by atoms with E-state index < -0.39 is 17.3 Å². The lowest BCUT2D eigenvalue weighted by Gasteiger charge is -2.39. The molecule has 1 spiro atoms. The Hall–Kier alpha value is -2.11. The highest BCUT2D eigenvalue weighted by atomic mass is 16.5. The molecule has 6 heteroatoms. The molecule has 1 aromatic rings. The molecule has 5 nitrogen and oxygen atoms in total. The molecule has 0 aromatic heterocycles. The zero-order chi connectivity index (χ0) is 15.9. The third-order valence-corrected chi connectivity index (χ3v) is 4.66. The van der Waals surface area contributed by atoms with Gasteiger partial charge in [-0.05, 0) is 24.5 Å². The Morgan fingerprint density at radius 1 is 1.32 bits per heavy atom. The third kappa shape index (κ3) is 2.05. The van der Waals surface area contributed by atoms with Gasteiger partial charge in [-0.3, -0.25) is 19.3 Å². The van der Waals surface area contributed by atoms with Crippen molar-refractivity contribution in [1.29, 1.82) is 0 Å². The quantitative estimate of drug-likeness (QED) is 0.451. The van der Waals surface area contributed by atoms with E-state index in [4.69, 9.17) is 7.85 Å². The van der Waals surface area contributed by atoms with Gasteiger partial charge in [-0.2, -0.15) is 0 Å². The van der Waals surface area contributed by atoms with Crippen molar-refractivity contribution in [3.8, 4) is 0 Å². The van der Waals surface area contributed by atoms with E-state index in [0.29, 0.717) is 29.4 Å². The summed E-state index contributed by atoms with van der Waals surface area (Å²) in [5.74, 6) is -1.37. The van der Waals surface area contributed by atoms with Crippen LogP contribution in [0.3, 0.4) is 0 Å². The van der Waals surface area contributed by atoms with Crippen LogP contribution in [0.4, 0.5) is 0 Å². The van der Waals surface area contributed by atoms with E-state index in [0.717, 1.165) is 17.7 Å². The number of carbonyl (C=O) groups is 3. The lowest BCUT2D eigenvalue weighted by Crippen LogP contribution is -2.55. The van der Waals surface area contributed by atoms with Gasteiger partial charge in [0.2, 0.25) is 5.91 Å². The number of hydrogen-bond acceptors (Lipinski definition) is 4. The second-order valence-electron chi connectivity index (χ2n) is 5.87. The largest absolute Gasteiger partial charge is 0.468 e. The van der Waals surface area contributed by atoms with Crippen molar-refractivity contribution >= 4 is 31.1 Å². The number of carbonyl (C=O) groups excluding carboxylic acids is 3. The molecular weight excluding hydrogens is 281 g/mol.